The van der Waals surface area contributed by atoms with Crippen molar-refractivity contribution in [2.24, 2.45) is 0 Å². The number of carbonyl (C=O) groups is 1. The first-order chi connectivity index (χ1) is 11.1. The fourth-order valence-corrected chi connectivity index (χ4v) is 2.77. The molecule has 1 aromatic heterocycles. The van der Waals surface area contributed by atoms with Crippen LogP contribution in [0.4, 0.5) is 0 Å². The van der Waals surface area contributed by atoms with Gasteiger partial charge in [0.1, 0.15) is 5.75 Å². The second kappa shape index (κ2) is 7.20. The number of carbonyl (C=O) groups excluding carboxylic acids is 1. The van der Waals surface area contributed by atoms with Gasteiger partial charge in [-0.05, 0) is 48.7 Å². The number of halogens is 2. The summed E-state index contributed by atoms with van der Waals surface area (Å²) < 4.78 is 5.56. The molecule has 0 bridgehead atoms. The van der Waals surface area contributed by atoms with E-state index in [2.05, 4.69) is 4.98 Å². The van der Waals surface area contributed by atoms with Crippen LogP contribution in [0, 0.1) is 0 Å². The van der Waals surface area contributed by atoms with Crippen LogP contribution in [-0.2, 0) is 11.3 Å². The lowest BCUT2D eigenvalue weighted by Crippen LogP contribution is -2.36. The van der Waals surface area contributed by atoms with Crippen LogP contribution in [0.3, 0.4) is 0 Å². The van der Waals surface area contributed by atoms with Crippen LogP contribution in [0.1, 0.15) is 18.4 Å². The van der Waals surface area contributed by atoms with Crippen LogP contribution in [0.25, 0.3) is 0 Å². The molecule has 2 aromatic rings. The molecule has 6 heteroatoms. The van der Waals surface area contributed by atoms with Gasteiger partial charge in [0.25, 0.3) is 5.91 Å². The highest BCUT2D eigenvalue weighted by Gasteiger charge is 2.32. The molecule has 0 saturated heterocycles. The van der Waals surface area contributed by atoms with Crippen molar-refractivity contribution in [3.05, 3.63) is 58.3 Å². The Morgan fingerprint density at radius 3 is 2.61 bits per heavy atom. The number of ether oxygens (including phenoxy) is 1. The van der Waals surface area contributed by atoms with E-state index in [4.69, 9.17) is 27.9 Å². The predicted octanol–water partition coefficient (Wildman–Crippen LogP) is 3.96. The molecule has 0 radical (unpaired) electrons. The minimum atomic E-state index is -0.0460. The number of rotatable bonds is 6. The van der Waals surface area contributed by atoms with E-state index in [1.807, 2.05) is 17.0 Å². The van der Waals surface area contributed by atoms with Crippen molar-refractivity contribution in [1.82, 2.24) is 9.88 Å². The van der Waals surface area contributed by atoms with E-state index in [0.717, 1.165) is 18.4 Å². The van der Waals surface area contributed by atoms with Gasteiger partial charge in [0.15, 0.2) is 6.61 Å². The van der Waals surface area contributed by atoms with E-state index < -0.39 is 0 Å². The average molecular weight is 351 g/mol. The summed E-state index contributed by atoms with van der Waals surface area (Å²) in [6, 6.07) is 9.09. The molecule has 0 spiro atoms. The fraction of sp³-hybridized carbons (Fsp3) is 0.294. The van der Waals surface area contributed by atoms with Gasteiger partial charge in [-0.25, -0.2) is 0 Å². The molecule has 0 unspecified atom stereocenters. The van der Waals surface area contributed by atoms with Crippen LogP contribution in [-0.4, -0.2) is 28.4 Å². The smallest absolute Gasteiger partial charge is 0.261 e. The van der Waals surface area contributed by atoms with Gasteiger partial charge in [0, 0.05) is 30.0 Å². The van der Waals surface area contributed by atoms with E-state index >= 15 is 0 Å². The first-order valence-electron chi connectivity index (χ1n) is 7.39. The fourth-order valence-electron chi connectivity index (χ4n) is 2.31. The maximum atomic E-state index is 12.5. The molecule has 1 aliphatic carbocycles. The molecule has 1 fully saturated rings. The highest BCUT2D eigenvalue weighted by atomic mass is 35.5. The molecule has 4 nitrogen and oxygen atoms in total. The number of pyridine rings is 1. The predicted molar refractivity (Wildman–Crippen MR) is 89.8 cm³/mol. The Balaban J connectivity index is 1.62. The first-order valence-corrected chi connectivity index (χ1v) is 8.15. The van der Waals surface area contributed by atoms with Gasteiger partial charge in [0.05, 0.1) is 5.02 Å². The largest absolute Gasteiger partial charge is 0.482 e. The lowest BCUT2D eigenvalue weighted by molar-refractivity contribution is -0.134. The van der Waals surface area contributed by atoms with Crippen LogP contribution in [0.15, 0.2) is 42.7 Å². The van der Waals surface area contributed by atoms with Crippen molar-refractivity contribution < 1.29 is 9.53 Å². The maximum absolute atomic E-state index is 12.5. The minimum absolute atomic E-state index is 0.0388. The Morgan fingerprint density at radius 1 is 1.22 bits per heavy atom. The number of aromatic nitrogens is 1. The quantitative estimate of drug-likeness (QED) is 0.791. The van der Waals surface area contributed by atoms with E-state index in [0.29, 0.717) is 28.4 Å². The van der Waals surface area contributed by atoms with E-state index in [1.54, 1.807) is 30.6 Å². The van der Waals surface area contributed by atoms with Crippen LogP contribution in [0.2, 0.25) is 10.0 Å². The third kappa shape index (κ3) is 4.36. The zero-order valence-corrected chi connectivity index (χ0v) is 13.9. The molecule has 0 atom stereocenters. The Bertz CT molecular complexity index is 690. The molecule has 23 heavy (non-hydrogen) atoms. The SMILES string of the molecule is O=C(COc1ccc(Cl)cc1Cl)N(Cc1ccncc1)C1CC1. The molecule has 1 aromatic carbocycles. The molecule has 3 rings (SSSR count). The van der Waals surface area contributed by atoms with E-state index in [9.17, 15) is 4.79 Å². The summed E-state index contributed by atoms with van der Waals surface area (Å²) in [5.74, 6) is 0.416. The van der Waals surface area contributed by atoms with E-state index in [-0.39, 0.29) is 12.5 Å². The second-order valence-corrected chi connectivity index (χ2v) is 6.32. The molecule has 120 valence electrons. The lowest BCUT2D eigenvalue weighted by atomic mass is 10.2. The summed E-state index contributed by atoms with van der Waals surface area (Å²) in [5, 5.41) is 0.934. The highest BCUT2D eigenvalue weighted by Crippen LogP contribution is 2.30. The van der Waals surface area contributed by atoms with Gasteiger partial charge < -0.3 is 9.64 Å². The third-order valence-electron chi connectivity index (χ3n) is 3.66. The van der Waals surface area contributed by atoms with Gasteiger partial charge in [-0.2, -0.15) is 0 Å². The number of hydrogen-bond acceptors (Lipinski definition) is 3. The molecule has 0 aliphatic heterocycles. The summed E-state index contributed by atoms with van der Waals surface area (Å²) >= 11 is 11.9. The molecule has 1 heterocycles. The van der Waals surface area contributed by atoms with Gasteiger partial charge in [0.2, 0.25) is 0 Å². The topological polar surface area (TPSA) is 42.4 Å². The molecular weight excluding hydrogens is 335 g/mol. The molecule has 1 saturated carbocycles. The summed E-state index contributed by atoms with van der Waals surface area (Å²) in [6.45, 7) is 0.534. The van der Waals surface area contributed by atoms with Crippen LogP contribution < -0.4 is 4.74 Å². The number of nitrogens with zero attached hydrogens (tertiary/aromatic N) is 2. The van der Waals surface area contributed by atoms with Gasteiger partial charge in [-0.1, -0.05) is 23.2 Å². The Labute approximate surface area is 145 Å². The van der Waals surface area contributed by atoms with Crippen molar-refractivity contribution in [3.63, 3.8) is 0 Å². The molecule has 1 amide bonds. The third-order valence-corrected chi connectivity index (χ3v) is 4.19. The van der Waals surface area contributed by atoms with Crippen molar-refractivity contribution in [2.75, 3.05) is 6.61 Å². The number of amides is 1. The summed E-state index contributed by atoms with van der Waals surface area (Å²) in [7, 11) is 0. The zero-order chi connectivity index (χ0) is 16.2. The summed E-state index contributed by atoms with van der Waals surface area (Å²) in [5.41, 5.74) is 1.06. The standard InChI is InChI=1S/C17H16Cl2N2O2/c18-13-1-4-16(15(19)9-13)23-11-17(22)21(14-2-3-14)10-12-5-7-20-8-6-12/h1,4-9,14H,2-3,10-11H2. The number of hydrogen-bond donors (Lipinski definition) is 0. The van der Waals surface area contributed by atoms with Crippen molar-refractivity contribution in [2.45, 2.75) is 25.4 Å². The van der Waals surface area contributed by atoms with Gasteiger partial charge in [-0.3, -0.25) is 9.78 Å². The summed E-state index contributed by atoms with van der Waals surface area (Å²) in [4.78, 5) is 18.4. The molecular formula is C17H16Cl2N2O2. The molecule has 1 aliphatic rings. The van der Waals surface area contributed by atoms with Crippen LogP contribution >= 0.6 is 23.2 Å². The highest BCUT2D eigenvalue weighted by molar-refractivity contribution is 6.35. The van der Waals surface area contributed by atoms with Crippen molar-refractivity contribution >= 4 is 29.1 Å². The second-order valence-electron chi connectivity index (χ2n) is 5.47. The van der Waals surface area contributed by atoms with Crippen LogP contribution in [0.5, 0.6) is 5.75 Å². The Morgan fingerprint density at radius 2 is 1.96 bits per heavy atom. The van der Waals surface area contributed by atoms with E-state index in [1.165, 1.54) is 0 Å². The lowest BCUT2D eigenvalue weighted by Gasteiger charge is -2.22. The first kappa shape index (κ1) is 16.1. The number of benzene rings is 1. The minimum Gasteiger partial charge on any atom is -0.482 e. The normalized spacial score (nSPS) is 13.7. The Hall–Kier alpha value is -1.78. The van der Waals surface area contributed by atoms with Gasteiger partial charge in [-0.15, -0.1) is 0 Å². The Kier molecular flexibility index (Phi) is 5.03. The van der Waals surface area contributed by atoms with Gasteiger partial charge >= 0.3 is 0 Å². The van der Waals surface area contributed by atoms with Crippen molar-refractivity contribution in [3.8, 4) is 5.75 Å². The average Bonchev–Trinajstić information content (AvgIpc) is 3.37. The zero-order valence-electron chi connectivity index (χ0n) is 12.4. The monoisotopic (exact) mass is 350 g/mol. The molecule has 0 N–H and O–H groups in total. The summed E-state index contributed by atoms with van der Waals surface area (Å²) in [6.07, 6.45) is 5.54. The van der Waals surface area contributed by atoms with Crippen molar-refractivity contribution in [1.29, 1.82) is 0 Å². The maximum Gasteiger partial charge on any atom is 0.261 e.